The molecule has 1 aliphatic carbocycles. The number of hydrogen-bond acceptors (Lipinski definition) is 10. The lowest BCUT2D eigenvalue weighted by atomic mass is 9.93. The van der Waals surface area contributed by atoms with Crippen molar-refractivity contribution in [1.29, 1.82) is 0 Å². The number of nitrogens with one attached hydrogen (secondary N) is 2. The first-order valence-electron chi connectivity index (χ1n) is 18.9. The number of fused-ring (bicyclic) bond motifs is 1. The lowest BCUT2D eigenvalue weighted by Crippen LogP contribution is -2.56. The van der Waals surface area contributed by atoms with Crippen molar-refractivity contribution in [2.75, 3.05) is 52.5 Å². The molecular weight excluding hydrogens is 684 g/mol. The summed E-state index contributed by atoms with van der Waals surface area (Å²) in [6.45, 7) is 7.19. The predicted molar refractivity (Wildman–Crippen MR) is 194 cm³/mol. The van der Waals surface area contributed by atoms with Crippen LogP contribution >= 0.6 is 0 Å². The van der Waals surface area contributed by atoms with Gasteiger partial charge in [0, 0.05) is 56.6 Å². The van der Waals surface area contributed by atoms with Gasteiger partial charge in [0.15, 0.2) is 6.61 Å². The first-order valence-corrected chi connectivity index (χ1v) is 18.9. The second kappa shape index (κ2) is 18.7. The number of nitrogens with zero attached hydrogens (tertiary/aromatic N) is 4. The summed E-state index contributed by atoms with van der Waals surface area (Å²) >= 11 is 0. The largest absolute Gasteiger partial charge is 0.483 e. The van der Waals surface area contributed by atoms with Crippen LogP contribution in [-0.4, -0.2) is 126 Å². The van der Waals surface area contributed by atoms with Crippen molar-refractivity contribution in [3.63, 3.8) is 0 Å². The molecule has 0 radical (unpaired) electrons. The van der Waals surface area contributed by atoms with Gasteiger partial charge in [-0.25, -0.2) is 9.78 Å². The molecule has 3 fully saturated rings. The lowest BCUT2D eigenvalue weighted by molar-refractivity contribution is -0.144. The molecule has 2 aliphatic heterocycles. The van der Waals surface area contributed by atoms with Gasteiger partial charge in [0.1, 0.15) is 23.5 Å². The third kappa shape index (κ3) is 10.4. The van der Waals surface area contributed by atoms with Gasteiger partial charge in [-0.1, -0.05) is 19.4 Å². The highest BCUT2D eigenvalue weighted by Crippen LogP contribution is 2.28. The summed E-state index contributed by atoms with van der Waals surface area (Å²) in [5, 5.41) is 6.42. The zero-order valence-electron chi connectivity index (χ0n) is 31.0. The number of esters is 1. The Kier molecular flexibility index (Phi) is 13.9. The number of carbonyl (C=O) groups is 6. The van der Waals surface area contributed by atoms with E-state index in [1.807, 2.05) is 19.9 Å². The first kappa shape index (κ1) is 39.3. The maximum atomic E-state index is 13.9. The molecule has 15 heteroatoms. The van der Waals surface area contributed by atoms with E-state index in [1.54, 1.807) is 28.9 Å². The molecule has 0 bridgehead atoms. The highest BCUT2D eigenvalue weighted by atomic mass is 16.6. The summed E-state index contributed by atoms with van der Waals surface area (Å²) in [6, 6.07) is 5.44. The van der Waals surface area contributed by atoms with Gasteiger partial charge < -0.3 is 39.5 Å². The average Bonchev–Trinajstić information content (AvgIpc) is 3.64. The smallest absolute Gasteiger partial charge is 0.409 e. The third-order valence-corrected chi connectivity index (χ3v) is 9.96. The SMILES string of the molecule is CCCCOC(=O)CC[C@H](NC(=O)c1cc(OCC(=O)N2CCC[C@H]2C(=O)NC2CCC2)c2ccc(C)cc2n1)C(=O)N1CCN(C(=O)OCC)CC1. The van der Waals surface area contributed by atoms with Crippen molar-refractivity contribution >= 4 is 46.6 Å². The van der Waals surface area contributed by atoms with E-state index in [9.17, 15) is 28.8 Å². The molecule has 2 aromatic rings. The van der Waals surface area contributed by atoms with E-state index in [2.05, 4.69) is 15.6 Å². The molecule has 3 aliphatic rings. The maximum absolute atomic E-state index is 13.9. The van der Waals surface area contributed by atoms with Gasteiger partial charge in [-0.05, 0) is 76.5 Å². The minimum Gasteiger partial charge on any atom is -0.483 e. The van der Waals surface area contributed by atoms with Gasteiger partial charge in [0.25, 0.3) is 11.8 Å². The first-order chi connectivity index (χ1) is 25.6. The number of rotatable bonds is 15. The number of pyridine rings is 1. The van der Waals surface area contributed by atoms with Crippen LogP contribution in [0.15, 0.2) is 24.3 Å². The number of aromatic nitrogens is 1. The number of aryl methyl sites for hydroxylation is 1. The Morgan fingerprint density at radius 2 is 1.68 bits per heavy atom. The number of piperazine rings is 1. The molecule has 288 valence electrons. The molecule has 2 N–H and O–H groups in total. The van der Waals surface area contributed by atoms with Gasteiger partial charge in [0.2, 0.25) is 11.8 Å². The summed E-state index contributed by atoms with van der Waals surface area (Å²) in [6.07, 6.45) is 5.31. The van der Waals surface area contributed by atoms with Gasteiger partial charge in [-0.3, -0.25) is 24.0 Å². The Balaban J connectivity index is 1.30. The van der Waals surface area contributed by atoms with Crippen molar-refractivity contribution in [3.8, 4) is 5.75 Å². The third-order valence-electron chi connectivity index (χ3n) is 9.96. The fourth-order valence-electron chi connectivity index (χ4n) is 6.65. The molecule has 1 saturated carbocycles. The molecule has 1 aromatic heterocycles. The molecule has 2 atom stereocenters. The lowest BCUT2D eigenvalue weighted by Gasteiger charge is -2.36. The highest BCUT2D eigenvalue weighted by Gasteiger charge is 2.36. The summed E-state index contributed by atoms with van der Waals surface area (Å²) in [7, 11) is 0. The van der Waals surface area contributed by atoms with Crippen LogP contribution < -0.4 is 15.4 Å². The second-order valence-corrected chi connectivity index (χ2v) is 13.8. The molecule has 0 spiro atoms. The average molecular weight is 737 g/mol. The molecule has 1 aromatic carbocycles. The van der Waals surface area contributed by atoms with E-state index in [0.717, 1.165) is 31.2 Å². The number of amides is 5. The topological polar surface area (TPSA) is 177 Å². The minimum absolute atomic E-state index is 0.0104. The van der Waals surface area contributed by atoms with Crippen LogP contribution in [0.3, 0.4) is 0 Å². The van der Waals surface area contributed by atoms with Crippen LogP contribution in [0.4, 0.5) is 4.79 Å². The van der Waals surface area contributed by atoms with Gasteiger partial charge in [0.05, 0.1) is 18.7 Å². The molecule has 0 unspecified atom stereocenters. The van der Waals surface area contributed by atoms with Crippen LogP contribution in [0, 0.1) is 6.92 Å². The van der Waals surface area contributed by atoms with Gasteiger partial charge >= 0.3 is 12.1 Å². The number of hydrogen-bond donors (Lipinski definition) is 2. The highest BCUT2D eigenvalue weighted by molar-refractivity contribution is 5.99. The Hall–Kier alpha value is -4.95. The van der Waals surface area contributed by atoms with E-state index >= 15 is 0 Å². The molecular formula is C38H52N6O9. The standard InChI is InChI=1S/C38H52N6O9/c1-4-6-21-52-34(46)15-14-28(37(49)42-17-19-43(20-18-42)38(50)51-5-2)41-35(47)30-23-32(27-13-12-25(3)22-29(27)40-30)53-24-33(45)44-16-8-11-31(44)36(48)39-26-9-7-10-26/h12-13,22-23,26,28,31H,4-11,14-21,24H2,1-3H3,(H,39,48)(H,41,47)/t28-,31-/m0/s1. The quantitative estimate of drug-likeness (QED) is 0.204. The summed E-state index contributed by atoms with van der Waals surface area (Å²) in [5.74, 6) is -1.76. The van der Waals surface area contributed by atoms with E-state index in [-0.39, 0.29) is 88.1 Å². The predicted octanol–water partition coefficient (Wildman–Crippen LogP) is 3.10. The van der Waals surface area contributed by atoms with Crippen molar-refractivity contribution < 1.29 is 43.0 Å². The molecule has 53 heavy (non-hydrogen) atoms. The zero-order chi connectivity index (χ0) is 37.9. The minimum atomic E-state index is -1.09. The number of ether oxygens (including phenoxy) is 3. The molecule has 5 rings (SSSR count). The number of benzene rings is 1. The zero-order valence-corrected chi connectivity index (χ0v) is 31.0. The molecule has 2 saturated heterocycles. The van der Waals surface area contributed by atoms with Crippen molar-refractivity contribution in [2.24, 2.45) is 0 Å². The van der Waals surface area contributed by atoms with E-state index < -0.39 is 36.0 Å². The Morgan fingerprint density at radius 1 is 0.925 bits per heavy atom. The van der Waals surface area contributed by atoms with Crippen molar-refractivity contribution in [3.05, 3.63) is 35.5 Å². The monoisotopic (exact) mass is 736 g/mol. The van der Waals surface area contributed by atoms with Crippen LogP contribution in [0.1, 0.15) is 87.7 Å². The molecule has 15 nitrogen and oxygen atoms in total. The van der Waals surface area contributed by atoms with Crippen LogP contribution in [0.25, 0.3) is 10.9 Å². The Bertz CT molecular complexity index is 1660. The fourth-order valence-corrected chi connectivity index (χ4v) is 6.65. The van der Waals surface area contributed by atoms with Crippen LogP contribution in [-0.2, 0) is 28.7 Å². The van der Waals surface area contributed by atoms with E-state index in [0.29, 0.717) is 36.7 Å². The Labute approximate surface area is 310 Å². The van der Waals surface area contributed by atoms with Gasteiger partial charge in [-0.15, -0.1) is 0 Å². The summed E-state index contributed by atoms with van der Waals surface area (Å²) in [4.78, 5) is 88.0. The number of unbranched alkanes of at least 4 members (excludes halogenated alkanes) is 1. The Morgan fingerprint density at radius 3 is 2.38 bits per heavy atom. The number of carbonyl (C=O) groups excluding carboxylic acids is 6. The summed E-state index contributed by atoms with van der Waals surface area (Å²) < 4.78 is 16.4. The fraction of sp³-hybridized carbons (Fsp3) is 0.605. The molecule has 5 amide bonds. The second-order valence-electron chi connectivity index (χ2n) is 13.8. The normalized spacial score (nSPS) is 17.9. The molecule has 3 heterocycles. The van der Waals surface area contributed by atoms with Crippen LogP contribution in [0.2, 0.25) is 0 Å². The van der Waals surface area contributed by atoms with Crippen LogP contribution in [0.5, 0.6) is 5.75 Å². The number of likely N-dealkylation sites (tertiary alicyclic amines) is 1. The van der Waals surface area contributed by atoms with Crippen molar-refractivity contribution in [2.45, 2.75) is 96.7 Å². The van der Waals surface area contributed by atoms with Crippen molar-refractivity contribution in [1.82, 2.24) is 30.3 Å². The van der Waals surface area contributed by atoms with Gasteiger partial charge in [-0.2, -0.15) is 0 Å². The van der Waals surface area contributed by atoms with E-state index in [4.69, 9.17) is 14.2 Å². The van der Waals surface area contributed by atoms with E-state index in [1.165, 1.54) is 11.0 Å². The summed E-state index contributed by atoms with van der Waals surface area (Å²) in [5.41, 5.74) is 1.30. The maximum Gasteiger partial charge on any atom is 0.409 e.